The molecule has 1 heterocycles. The molecule has 134 valence electrons. The minimum Gasteiger partial charge on any atom is -0.462 e. The van der Waals surface area contributed by atoms with Gasteiger partial charge in [-0.2, -0.15) is 0 Å². The number of anilines is 2. The third-order valence-electron chi connectivity index (χ3n) is 4.52. The molecule has 0 saturated carbocycles. The van der Waals surface area contributed by atoms with Crippen molar-refractivity contribution in [3.8, 4) is 0 Å². The lowest BCUT2D eigenvalue weighted by molar-refractivity contribution is 0.0527. The summed E-state index contributed by atoms with van der Waals surface area (Å²) >= 11 is 0. The van der Waals surface area contributed by atoms with E-state index in [2.05, 4.69) is 29.6 Å². The molecule has 1 N–H and O–H groups in total. The van der Waals surface area contributed by atoms with Crippen molar-refractivity contribution in [3.63, 3.8) is 0 Å². The number of fused-ring (bicyclic) bond motifs is 3. The number of nitrogens with zero attached hydrogens (tertiary/aromatic N) is 1. The Hall–Kier alpha value is -3.40. The maximum absolute atomic E-state index is 12.3. The van der Waals surface area contributed by atoms with Crippen LogP contribution in [-0.4, -0.2) is 17.6 Å². The highest BCUT2D eigenvalue weighted by atomic mass is 16.5. The van der Waals surface area contributed by atoms with Crippen LogP contribution in [0.1, 0.15) is 23.0 Å². The number of ether oxygens (including phenoxy) is 1. The van der Waals surface area contributed by atoms with Gasteiger partial charge < -0.3 is 10.1 Å². The number of esters is 1. The normalized spacial score (nSPS) is 10.9. The fourth-order valence-corrected chi connectivity index (χ4v) is 3.32. The molecule has 0 atom stereocenters. The monoisotopic (exact) mass is 356 g/mol. The van der Waals surface area contributed by atoms with E-state index in [0.29, 0.717) is 12.2 Å². The molecule has 4 nitrogen and oxygen atoms in total. The lowest BCUT2D eigenvalue weighted by Crippen LogP contribution is -2.08. The van der Waals surface area contributed by atoms with Crippen molar-refractivity contribution in [1.29, 1.82) is 0 Å². The van der Waals surface area contributed by atoms with Crippen LogP contribution in [0.15, 0.2) is 66.7 Å². The van der Waals surface area contributed by atoms with Crippen LogP contribution >= 0.6 is 0 Å². The second-order valence-electron chi connectivity index (χ2n) is 6.39. The summed E-state index contributed by atoms with van der Waals surface area (Å²) in [6.07, 6.45) is 0. The van der Waals surface area contributed by atoms with Gasteiger partial charge in [0, 0.05) is 22.2 Å². The summed E-state index contributed by atoms with van der Waals surface area (Å²) in [5, 5.41) is 6.70. The van der Waals surface area contributed by atoms with Gasteiger partial charge in [-0.05, 0) is 37.4 Å². The Morgan fingerprint density at radius 2 is 1.74 bits per heavy atom. The standard InChI is InChI=1S/C23H20N2O2/c1-3-27-23(26)19-10-6-7-11-20(19)25-21-14-15(2)24-22-17-9-5-4-8-16(17)12-13-18(21)22/h4-14H,3H2,1-2H3,(H,24,25). The quantitative estimate of drug-likeness (QED) is 0.381. The fourth-order valence-electron chi connectivity index (χ4n) is 3.32. The molecule has 0 bridgehead atoms. The molecule has 0 unspecified atom stereocenters. The van der Waals surface area contributed by atoms with Gasteiger partial charge in [-0.1, -0.05) is 48.5 Å². The van der Waals surface area contributed by atoms with E-state index in [-0.39, 0.29) is 5.97 Å². The van der Waals surface area contributed by atoms with Crippen LogP contribution in [0.5, 0.6) is 0 Å². The number of aryl methyl sites for hydroxylation is 1. The smallest absolute Gasteiger partial charge is 0.340 e. The first-order valence-electron chi connectivity index (χ1n) is 8.99. The molecular weight excluding hydrogens is 336 g/mol. The van der Waals surface area contributed by atoms with Gasteiger partial charge in [-0.3, -0.25) is 4.98 Å². The van der Waals surface area contributed by atoms with Gasteiger partial charge in [0.25, 0.3) is 0 Å². The zero-order valence-corrected chi connectivity index (χ0v) is 15.3. The van der Waals surface area contributed by atoms with E-state index in [9.17, 15) is 4.79 Å². The molecule has 0 aliphatic carbocycles. The number of aromatic nitrogens is 1. The van der Waals surface area contributed by atoms with E-state index in [0.717, 1.165) is 38.7 Å². The summed E-state index contributed by atoms with van der Waals surface area (Å²) in [5.74, 6) is -0.332. The summed E-state index contributed by atoms with van der Waals surface area (Å²) in [5.41, 5.74) is 4.01. The first-order valence-corrected chi connectivity index (χ1v) is 8.99. The predicted molar refractivity (Wildman–Crippen MR) is 110 cm³/mol. The molecule has 27 heavy (non-hydrogen) atoms. The van der Waals surface area contributed by atoms with Crippen LogP contribution in [0, 0.1) is 6.92 Å². The van der Waals surface area contributed by atoms with E-state index in [4.69, 9.17) is 9.72 Å². The predicted octanol–water partition coefficient (Wildman–Crippen LogP) is 5.62. The maximum Gasteiger partial charge on any atom is 0.340 e. The van der Waals surface area contributed by atoms with Gasteiger partial charge in [0.1, 0.15) is 0 Å². The zero-order chi connectivity index (χ0) is 18.8. The van der Waals surface area contributed by atoms with E-state index in [1.54, 1.807) is 13.0 Å². The number of hydrogen-bond donors (Lipinski definition) is 1. The second-order valence-corrected chi connectivity index (χ2v) is 6.39. The Labute approximate surface area is 157 Å². The van der Waals surface area contributed by atoms with Crippen LogP contribution in [0.2, 0.25) is 0 Å². The number of hydrogen-bond acceptors (Lipinski definition) is 4. The van der Waals surface area contributed by atoms with Crippen molar-refractivity contribution in [1.82, 2.24) is 4.98 Å². The highest BCUT2D eigenvalue weighted by Gasteiger charge is 2.14. The van der Waals surface area contributed by atoms with Crippen LogP contribution < -0.4 is 5.32 Å². The lowest BCUT2D eigenvalue weighted by Gasteiger charge is -2.15. The minimum absolute atomic E-state index is 0.332. The number of rotatable bonds is 4. The number of benzene rings is 3. The lowest BCUT2D eigenvalue weighted by atomic mass is 10.0. The number of carbonyl (C=O) groups is 1. The minimum atomic E-state index is -0.332. The Morgan fingerprint density at radius 3 is 2.59 bits per heavy atom. The van der Waals surface area contributed by atoms with Gasteiger partial charge in [0.05, 0.1) is 23.4 Å². The molecule has 0 aliphatic rings. The third-order valence-corrected chi connectivity index (χ3v) is 4.52. The topological polar surface area (TPSA) is 51.2 Å². The van der Waals surface area contributed by atoms with Crippen molar-refractivity contribution >= 4 is 39.0 Å². The number of carbonyl (C=O) groups excluding carboxylic acids is 1. The summed E-state index contributed by atoms with van der Waals surface area (Å²) in [7, 11) is 0. The van der Waals surface area contributed by atoms with E-state index < -0.39 is 0 Å². The second kappa shape index (κ2) is 7.08. The number of para-hydroxylation sites is 1. The first kappa shape index (κ1) is 17.0. The van der Waals surface area contributed by atoms with Crippen molar-refractivity contribution < 1.29 is 9.53 Å². The molecule has 4 heteroatoms. The third kappa shape index (κ3) is 3.22. The zero-order valence-electron chi connectivity index (χ0n) is 15.3. The van der Waals surface area contributed by atoms with Crippen molar-refractivity contribution in [2.75, 3.05) is 11.9 Å². The highest BCUT2D eigenvalue weighted by molar-refractivity contribution is 6.10. The molecule has 0 aliphatic heterocycles. The van der Waals surface area contributed by atoms with E-state index in [1.165, 1.54) is 0 Å². The van der Waals surface area contributed by atoms with Crippen LogP contribution in [0.4, 0.5) is 11.4 Å². The molecule has 4 rings (SSSR count). The van der Waals surface area contributed by atoms with Crippen LogP contribution in [0.3, 0.4) is 0 Å². The number of nitrogens with one attached hydrogen (secondary N) is 1. The average molecular weight is 356 g/mol. The maximum atomic E-state index is 12.3. The average Bonchev–Trinajstić information content (AvgIpc) is 2.68. The van der Waals surface area contributed by atoms with Gasteiger partial charge >= 0.3 is 5.97 Å². The van der Waals surface area contributed by atoms with E-state index >= 15 is 0 Å². The summed E-state index contributed by atoms with van der Waals surface area (Å²) < 4.78 is 5.18. The Balaban J connectivity index is 1.86. The molecule has 0 radical (unpaired) electrons. The largest absolute Gasteiger partial charge is 0.462 e. The summed E-state index contributed by atoms with van der Waals surface area (Å²) in [6.45, 7) is 4.12. The molecule has 0 saturated heterocycles. The van der Waals surface area contributed by atoms with Crippen molar-refractivity contribution in [2.24, 2.45) is 0 Å². The van der Waals surface area contributed by atoms with Gasteiger partial charge in [-0.25, -0.2) is 4.79 Å². The van der Waals surface area contributed by atoms with E-state index in [1.807, 2.05) is 43.3 Å². The van der Waals surface area contributed by atoms with Crippen LogP contribution in [0.25, 0.3) is 21.7 Å². The summed E-state index contributed by atoms with van der Waals surface area (Å²) in [4.78, 5) is 17.0. The number of pyridine rings is 1. The fraction of sp³-hybridized carbons (Fsp3) is 0.130. The van der Waals surface area contributed by atoms with Gasteiger partial charge in [0.2, 0.25) is 0 Å². The molecule has 0 amide bonds. The Kier molecular flexibility index (Phi) is 4.47. The molecule has 0 spiro atoms. The Bertz CT molecular complexity index is 1150. The molecular formula is C23H20N2O2. The Morgan fingerprint density at radius 1 is 0.963 bits per heavy atom. The van der Waals surface area contributed by atoms with Crippen molar-refractivity contribution in [3.05, 3.63) is 78.0 Å². The molecule has 3 aromatic carbocycles. The molecule has 0 fully saturated rings. The van der Waals surface area contributed by atoms with Gasteiger partial charge in [0.15, 0.2) is 0 Å². The first-order chi connectivity index (χ1) is 13.2. The summed E-state index contributed by atoms with van der Waals surface area (Å²) in [6, 6.07) is 21.8. The van der Waals surface area contributed by atoms with Crippen molar-refractivity contribution in [2.45, 2.75) is 13.8 Å². The highest BCUT2D eigenvalue weighted by Crippen LogP contribution is 2.32. The SMILES string of the molecule is CCOC(=O)c1ccccc1Nc1cc(C)nc2c1ccc1ccccc12. The van der Waals surface area contributed by atoms with Gasteiger partial charge in [-0.15, -0.1) is 0 Å². The molecule has 4 aromatic rings. The van der Waals surface area contributed by atoms with Crippen LogP contribution in [-0.2, 0) is 4.74 Å². The molecule has 1 aromatic heterocycles.